The molecular formula is C16H24N2O. The van der Waals surface area contributed by atoms with Gasteiger partial charge in [-0.05, 0) is 37.2 Å². The lowest BCUT2D eigenvalue weighted by Gasteiger charge is -2.30. The number of piperidine rings is 1. The van der Waals surface area contributed by atoms with E-state index in [4.69, 9.17) is 0 Å². The maximum Gasteiger partial charge on any atom is 0.317 e. The van der Waals surface area contributed by atoms with Crippen LogP contribution in [0.15, 0.2) is 30.3 Å². The fraction of sp³-hybridized carbons (Fsp3) is 0.562. The Morgan fingerprint density at radius 1 is 1.26 bits per heavy atom. The van der Waals surface area contributed by atoms with E-state index in [9.17, 15) is 4.79 Å². The number of urea groups is 1. The Hall–Kier alpha value is -1.51. The van der Waals surface area contributed by atoms with Gasteiger partial charge in [0.25, 0.3) is 0 Å². The fourth-order valence-electron chi connectivity index (χ4n) is 2.46. The largest absolute Gasteiger partial charge is 0.338 e. The van der Waals surface area contributed by atoms with E-state index in [0.29, 0.717) is 0 Å². The molecule has 0 aliphatic carbocycles. The Labute approximate surface area is 116 Å². The molecule has 104 valence electrons. The second-order valence-corrected chi connectivity index (χ2v) is 5.49. The molecule has 3 nitrogen and oxygen atoms in total. The first-order valence-corrected chi connectivity index (χ1v) is 7.32. The highest BCUT2D eigenvalue weighted by atomic mass is 16.2. The Morgan fingerprint density at radius 2 is 1.95 bits per heavy atom. The van der Waals surface area contributed by atoms with Crippen LogP contribution in [0.4, 0.5) is 4.79 Å². The van der Waals surface area contributed by atoms with Gasteiger partial charge in [0.1, 0.15) is 0 Å². The summed E-state index contributed by atoms with van der Waals surface area (Å²) in [5.74, 6) is 0.766. The average Bonchev–Trinajstić information content (AvgIpc) is 2.45. The first-order chi connectivity index (χ1) is 9.25. The van der Waals surface area contributed by atoms with Crippen LogP contribution in [-0.4, -0.2) is 30.6 Å². The molecule has 1 aromatic carbocycles. The molecule has 1 heterocycles. The van der Waals surface area contributed by atoms with Crippen LogP contribution in [0.5, 0.6) is 0 Å². The summed E-state index contributed by atoms with van der Waals surface area (Å²) in [6, 6.07) is 10.5. The highest BCUT2D eigenvalue weighted by Gasteiger charge is 2.19. The van der Waals surface area contributed by atoms with Crippen LogP contribution < -0.4 is 5.32 Å². The minimum absolute atomic E-state index is 0.111. The van der Waals surface area contributed by atoms with Gasteiger partial charge in [0.2, 0.25) is 0 Å². The van der Waals surface area contributed by atoms with Crippen LogP contribution in [0.25, 0.3) is 0 Å². The lowest BCUT2D eigenvalue weighted by atomic mass is 10.00. The number of hydrogen-bond acceptors (Lipinski definition) is 1. The van der Waals surface area contributed by atoms with Crippen LogP contribution in [-0.2, 0) is 6.42 Å². The van der Waals surface area contributed by atoms with Crippen molar-refractivity contribution in [2.75, 3.05) is 19.6 Å². The van der Waals surface area contributed by atoms with E-state index in [1.165, 1.54) is 5.56 Å². The summed E-state index contributed by atoms with van der Waals surface area (Å²) in [7, 11) is 0. The molecule has 2 amide bonds. The molecule has 0 unspecified atom stereocenters. The lowest BCUT2D eigenvalue weighted by Crippen LogP contribution is -2.44. The zero-order valence-corrected chi connectivity index (χ0v) is 11.8. The Balaban J connectivity index is 1.61. The normalized spacial score (nSPS) is 16.4. The maximum atomic E-state index is 11.9. The Morgan fingerprint density at radius 3 is 2.63 bits per heavy atom. The number of aryl methyl sites for hydroxylation is 1. The molecule has 2 rings (SSSR count). The molecule has 19 heavy (non-hydrogen) atoms. The van der Waals surface area contributed by atoms with Gasteiger partial charge in [0, 0.05) is 19.6 Å². The highest BCUT2D eigenvalue weighted by molar-refractivity contribution is 5.74. The maximum absolute atomic E-state index is 11.9. The summed E-state index contributed by atoms with van der Waals surface area (Å²) in [5, 5.41) is 3.02. The second kappa shape index (κ2) is 7.17. The SMILES string of the molecule is CC1CCN(C(=O)NCCCc2ccccc2)CC1. The third kappa shape index (κ3) is 4.58. The molecule has 3 heteroatoms. The molecule has 1 aromatic rings. The molecule has 0 radical (unpaired) electrons. The van der Waals surface area contributed by atoms with Gasteiger partial charge in [0.05, 0.1) is 0 Å². The van der Waals surface area contributed by atoms with Gasteiger partial charge in [-0.1, -0.05) is 37.3 Å². The Bertz CT molecular complexity index is 383. The predicted molar refractivity (Wildman–Crippen MR) is 78.1 cm³/mol. The Kier molecular flexibility index (Phi) is 5.25. The highest BCUT2D eigenvalue weighted by Crippen LogP contribution is 2.15. The molecule has 1 saturated heterocycles. The molecule has 0 spiro atoms. The average molecular weight is 260 g/mol. The third-order valence-electron chi connectivity index (χ3n) is 3.83. The molecule has 1 aliphatic rings. The molecule has 0 atom stereocenters. The standard InChI is InChI=1S/C16H24N2O/c1-14-9-12-18(13-10-14)16(19)17-11-5-8-15-6-3-2-4-7-15/h2-4,6-7,14H,5,8-13H2,1H3,(H,17,19). The lowest BCUT2D eigenvalue weighted by molar-refractivity contribution is 0.174. The van der Waals surface area contributed by atoms with Gasteiger partial charge in [-0.25, -0.2) is 4.79 Å². The number of rotatable bonds is 4. The monoisotopic (exact) mass is 260 g/mol. The summed E-state index contributed by atoms with van der Waals surface area (Å²) < 4.78 is 0. The summed E-state index contributed by atoms with van der Waals surface area (Å²) >= 11 is 0. The van der Waals surface area contributed by atoms with Crippen molar-refractivity contribution in [2.24, 2.45) is 5.92 Å². The van der Waals surface area contributed by atoms with Gasteiger partial charge in [-0.3, -0.25) is 0 Å². The van der Waals surface area contributed by atoms with Crippen LogP contribution in [0.3, 0.4) is 0 Å². The van der Waals surface area contributed by atoms with E-state index >= 15 is 0 Å². The second-order valence-electron chi connectivity index (χ2n) is 5.49. The minimum Gasteiger partial charge on any atom is -0.338 e. The van der Waals surface area contributed by atoms with Crippen molar-refractivity contribution in [1.82, 2.24) is 10.2 Å². The van der Waals surface area contributed by atoms with Crippen LogP contribution in [0, 0.1) is 5.92 Å². The number of nitrogens with one attached hydrogen (secondary N) is 1. The number of carbonyl (C=O) groups excluding carboxylic acids is 1. The number of carbonyl (C=O) groups is 1. The molecule has 0 saturated carbocycles. The number of nitrogens with zero attached hydrogens (tertiary/aromatic N) is 1. The molecule has 1 N–H and O–H groups in total. The third-order valence-corrected chi connectivity index (χ3v) is 3.83. The van der Waals surface area contributed by atoms with E-state index in [-0.39, 0.29) is 6.03 Å². The topological polar surface area (TPSA) is 32.3 Å². The van der Waals surface area contributed by atoms with Crippen molar-refractivity contribution in [3.8, 4) is 0 Å². The van der Waals surface area contributed by atoms with Crippen molar-refractivity contribution in [2.45, 2.75) is 32.6 Å². The zero-order chi connectivity index (χ0) is 13.5. The minimum atomic E-state index is 0.111. The molecule has 0 bridgehead atoms. The zero-order valence-electron chi connectivity index (χ0n) is 11.8. The summed E-state index contributed by atoms with van der Waals surface area (Å²) in [4.78, 5) is 13.9. The summed E-state index contributed by atoms with van der Waals surface area (Å²) in [5.41, 5.74) is 1.34. The number of hydrogen-bond donors (Lipinski definition) is 1. The molecule has 1 aliphatic heterocycles. The van der Waals surface area contributed by atoms with E-state index < -0.39 is 0 Å². The predicted octanol–water partition coefficient (Wildman–Crippen LogP) is 3.06. The van der Waals surface area contributed by atoms with E-state index in [2.05, 4.69) is 36.5 Å². The summed E-state index contributed by atoms with van der Waals surface area (Å²) in [6.07, 6.45) is 4.30. The van der Waals surface area contributed by atoms with E-state index in [1.807, 2.05) is 11.0 Å². The first kappa shape index (κ1) is 13.9. The van der Waals surface area contributed by atoms with Gasteiger partial charge in [-0.2, -0.15) is 0 Å². The van der Waals surface area contributed by atoms with Crippen molar-refractivity contribution in [3.05, 3.63) is 35.9 Å². The molecule has 0 aromatic heterocycles. The van der Waals surface area contributed by atoms with Gasteiger partial charge < -0.3 is 10.2 Å². The van der Waals surface area contributed by atoms with Crippen LogP contribution in [0.2, 0.25) is 0 Å². The number of benzene rings is 1. The number of amides is 2. The van der Waals surface area contributed by atoms with Crippen LogP contribution >= 0.6 is 0 Å². The van der Waals surface area contributed by atoms with Crippen LogP contribution in [0.1, 0.15) is 31.7 Å². The van der Waals surface area contributed by atoms with Gasteiger partial charge >= 0.3 is 6.03 Å². The molecule has 1 fully saturated rings. The van der Waals surface area contributed by atoms with E-state index in [1.54, 1.807) is 0 Å². The first-order valence-electron chi connectivity index (χ1n) is 7.32. The van der Waals surface area contributed by atoms with E-state index in [0.717, 1.165) is 51.2 Å². The number of likely N-dealkylation sites (tertiary alicyclic amines) is 1. The molecular weight excluding hydrogens is 236 g/mol. The van der Waals surface area contributed by atoms with Crippen molar-refractivity contribution < 1.29 is 4.79 Å². The van der Waals surface area contributed by atoms with Gasteiger partial charge in [-0.15, -0.1) is 0 Å². The smallest absolute Gasteiger partial charge is 0.317 e. The van der Waals surface area contributed by atoms with Crippen molar-refractivity contribution >= 4 is 6.03 Å². The quantitative estimate of drug-likeness (QED) is 0.829. The fourth-order valence-corrected chi connectivity index (χ4v) is 2.46. The van der Waals surface area contributed by atoms with Gasteiger partial charge in [0.15, 0.2) is 0 Å². The van der Waals surface area contributed by atoms with Crippen molar-refractivity contribution in [1.29, 1.82) is 0 Å². The van der Waals surface area contributed by atoms with Crippen molar-refractivity contribution in [3.63, 3.8) is 0 Å². The summed E-state index contributed by atoms with van der Waals surface area (Å²) in [6.45, 7) is 4.84.